The molecular formula is C21H26N2O2S. The van der Waals surface area contributed by atoms with Crippen LogP contribution in [0, 0.1) is 20.8 Å². The fraction of sp³-hybridized carbons (Fsp3) is 0.333. The van der Waals surface area contributed by atoms with Gasteiger partial charge in [-0.15, -0.1) is 0 Å². The van der Waals surface area contributed by atoms with Gasteiger partial charge in [0, 0.05) is 17.8 Å². The van der Waals surface area contributed by atoms with Gasteiger partial charge in [-0.05, 0) is 61.8 Å². The van der Waals surface area contributed by atoms with Crippen molar-refractivity contribution in [2.75, 3.05) is 22.1 Å². The summed E-state index contributed by atoms with van der Waals surface area (Å²) in [5.41, 5.74) is 4.98. The number of hydrogen-bond acceptors (Lipinski definition) is 3. The Morgan fingerprint density at radius 2 is 1.62 bits per heavy atom. The van der Waals surface area contributed by atoms with E-state index in [1.165, 1.54) is 0 Å². The van der Waals surface area contributed by atoms with Gasteiger partial charge in [-0.1, -0.05) is 30.3 Å². The smallest absolute Gasteiger partial charge is 0.234 e. The first-order chi connectivity index (χ1) is 12.5. The van der Waals surface area contributed by atoms with Crippen molar-refractivity contribution in [2.24, 2.45) is 0 Å². The molecule has 0 heterocycles. The average Bonchev–Trinajstić information content (AvgIpc) is 2.58. The number of hydrogen-bond donors (Lipinski definition) is 2. The molecule has 2 N–H and O–H groups in total. The van der Waals surface area contributed by atoms with E-state index >= 15 is 0 Å². The highest BCUT2D eigenvalue weighted by Gasteiger charge is 2.08. The maximum absolute atomic E-state index is 12.1. The van der Waals surface area contributed by atoms with Crippen molar-refractivity contribution in [3.05, 3.63) is 59.2 Å². The highest BCUT2D eigenvalue weighted by Crippen LogP contribution is 2.19. The molecule has 2 amide bonds. The summed E-state index contributed by atoms with van der Waals surface area (Å²) < 4.78 is 0. The van der Waals surface area contributed by atoms with Crippen LogP contribution in [0.15, 0.2) is 42.5 Å². The molecule has 0 aliphatic carbocycles. The van der Waals surface area contributed by atoms with E-state index in [0.29, 0.717) is 12.2 Å². The van der Waals surface area contributed by atoms with Gasteiger partial charge in [0.2, 0.25) is 11.8 Å². The highest BCUT2D eigenvalue weighted by molar-refractivity contribution is 7.99. The molecule has 0 fully saturated rings. The van der Waals surface area contributed by atoms with Gasteiger partial charge in [-0.3, -0.25) is 9.59 Å². The zero-order valence-electron chi connectivity index (χ0n) is 15.6. The number of para-hydroxylation sites is 1. The molecule has 0 radical (unpaired) electrons. The van der Waals surface area contributed by atoms with Crippen molar-refractivity contribution in [3.63, 3.8) is 0 Å². The zero-order valence-corrected chi connectivity index (χ0v) is 16.4. The Morgan fingerprint density at radius 1 is 0.923 bits per heavy atom. The van der Waals surface area contributed by atoms with Crippen molar-refractivity contribution in [1.82, 2.24) is 0 Å². The van der Waals surface area contributed by atoms with E-state index in [0.717, 1.165) is 40.2 Å². The lowest BCUT2D eigenvalue weighted by Crippen LogP contribution is -2.16. The van der Waals surface area contributed by atoms with Crippen molar-refractivity contribution in [1.29, 1.82) is 0 Å². The van der Waals surface area contributed by atoms with Crippen LogP contribution in [0.4, 0.5) is 11.4 Å². The van der Waals surface area contributed by atoms with E-state index in [2.05, 4.69) is 10.6 Å². The molecule has 26 heavy (non-hydrogen) atoms. The van der Waals surface area contributed by atoms with E-state index in [4.69, 9.17) is 0 Å². The monoisotopic (exact) mass is 370 g/mol. The molecule has 0 aliphatic heterocycles. The maximum Gasteiger partial charge on any atom is 0.234 e. The molecule has 2 aromatic rings. The van der Waals surface area contributed by atoms with Crippen LogP contribution < -0.4 is 10.6 Å². The van der Waals surface area contributed by atoms with Gasteiger partial charge in [0.15, 0.2) is 0 Å². The second-order valence-electron chi connectivity index (χ2n) is 6.39. The molecule has 0 aliphatic rings. The maximum atomic E-state index is 12.1. The summed E-state index contributed by atoms with van der Waals surface area (Å²) in [5, 5.41) is 5.88. The fourth-order valence-electron chi connectivity index (χ4n) is 2.63. The molecule has 0 spiro atoms. The molecule has 4 nitrogen and oxygen atoms in total. The van der Waals surface area contributed by atoms with Gasteiger partial charge < -0.3 is 10.6 Å². The van der Waals surface area contributed by atoms with Crippen molar-refractivity contribution >= 4 is 35.0 Å². The number of benzene rings is 2. The summed E-state index contributed by atoms with van der Waals surface area (Å²) in [7, 11) is 0. The molecule has 0 atom stereocenters. The quantitative estimate of drug-likeness (QED) is 0.662. The molecular weight excluding hydrogens is 344 g/mol. The SMILES string of the molecule is Cc1cccc(NC(=O)CCCSCC(=O)Nc2c(C)cccc2C)c1. The molecule has 0 aromatic heterocycles. The summed E-state index contributed by atoms with van der Waals surface area (Å²) in [5.74, 6) is 1.18. The third-order valence-electron chi connectivity index (χ3n) is 3.97. The Morgan fingerprint density at radius 3 is 2.31 bits per heavy atom. The predicted octanol–water partition coefficient (Wildman–Crippen LogP) is 4.70. The van der Waals surface area contributed by atoms with Crippen molar-refractivity contribution in [2.45, 2.75) is 33.6 Å². The summed E-state index contributed by atoms with van der Waals surface area (Å²) in [6.45, 7) is 5.97. The first-order valence-corrected chi connectivity index (χ1v) is 9.91. The normalized spacial score (nSPS) is 10.4. The molecule has 138 valence electrons. The summed E-state index contributed by atoms with van der Waals surface area (Å²) in [4.78, 5) is 24.0. The molecule has 0 saturated heterocycles. The number of nitrogens with one attached hydrogen (secondary N) is 2. The highest BCUT2D eigenvalue weighted by atomic mass is 32.2. The van der Waals surface area contributed by atoms with E-state index < -0.39 is 0 Å². The lowest BCUT2D eigenvalue weighted by atomic mass is 10.1. The number of carbonyl (C=O) groups is 2. The van der Waals surface area contributed by atoms with Gasteiger partial charge in [0.1, 0.15) is 0 Å². The Bertz CT molecular complexity index is 754. The van der Waals surface area contributed by atoms with E-state index in [9.17, 15) is 9.59 Å². The van der Waals surface area contributed by atoms with Gasteiger partial charge in [0.05, 0.1) is 5.75 Å². The summed E-state index contributed by atoms with van der Waals surface area (Å²) in [6, 6.07) is 13.7. The van der Waals surface area contributed by atoms with E-state index in [-0.39, 0.29) is 11.8 Å². The molecule has 0 unspecified atom stereocenters. The van der Waals surface area contributed by atoms with Crippen LogP contribution in [0.3, 0.4) is 0 Å². The van der Waals surface area contributed by atoms with Crippen LogP contribution in [0.1, 0.15) is 29.5 Å². The molecule has 0 bridgehead atoms. The largest absolute Gasteiger partial charge is 0.326 e. The number of thioether (sulfide) groups is 1. The summed E-state index contributed by atoms with van der Waals surface area (Å²) >= 11 is 1.55. The molecule has 2 aromatic carbocycles. The first-order valence-electron chi connectivity index (χ1n) is 8.76. The molecule has 5 heteroatoms. The van der Waals surface area contributed by atoms with E-state index in [1.807, 2.05) is 63.2 Å². The lowest BCUT2D eigenvalue weighted by molar-refractivity contribution is -0.116. The number of amides is 2. The summed E-state index contributed by atoms with van der Waals surface area (Å²) in [6.07, 6.45) is 1.21. The van der Waals surface area contributed by atoms with Crippen molar-refractivity contribution < 1.29 is 9.59 Å². The topological polar surface area (TPSA) is 58.2 Å². The minimum Gasteiger partial charge on any atom is -0.326 e. The Labute approximate surface area is 159 Å². The number of rotatable bonds is 8. The van der Waals surface area contributed by atoms with Gasteiger partial charge in [0.25, 0.3) is 0 Å². The minimum absolute atomic E-state index is 0.00314. The van der Waals surface area contributed by atoms with Crippen LogP contribution >= 0.6 is 11.8 Å². The standard InChI is InChI=1S/C21H26N2O2S/c1-15-7-4-10-18(13-15)22-19(24)11-6-12-26-14-20(25)23-21-16(2)8-5-9-17(21)3/h4-5,7-10,13H,6,11-12,14H2,1-3H3,(H,22,24)(H,23,25). The second kappa shape index (κ2) is 10.0. The fourth-order valence-corrected chi connectivity index (χ4v) is 3.38. The lowest BCUT2D eigenvalue weighted by Gasteiger charge is -2.11. The minimum atomic E-state index is -0.00314. The number of aryl methyl sites for hydroxylation is 3. The molecule has 2 rings (SSSR count). The van der Waals surface area contributed by atoms with Crippen LogP contribution in [-0.4, -0.2) is 23.3 Å². The van der Waals surface area contributed by atoms with Crippen LogP contribution in [0.5, 0.6) is 0 Å². The van der Waals surface area contributed by atoms with Crippen LogP contribution in [-0.2, 0) is 9.59 Å². The van der Waals surface area contributed by atoms with Crippen molar-refractivity contribution in [3.8, 4) is 0 Å². The predicted molar refractivity (Wildman–Crippen MR) is 111 cm³/mol. The number of carbonyl (C=O) groups excluding carboxylic acids is 2. The average molecular weight is 371 g/mol. The zero-order chi connectivity index (χ0) is 18.9. The Hall–Kier alpha value is -2.27. The second-order valence-corrected chi connectivity index (χ2v) is 7.49. The van der Waals surface area contributed by atoms with E-state index in [1.54, 1.807) is 11.8 Å². The Kier molecular flexibility index (Phi) is 7.73. The number of anilines is 2. The van der Waals surface area contributed by atoms with Gasteiger partial charge in [-0.25, -0.2) is 0 Å². The first kappa shape index (κ1) is 20.0. The van der Waals surface area contributed by atoms with Crippen LogP contribution in [0.25, 0.3) is 0 Å². The van der Waals surface area contributed by atoms with Crippen LogP contribution in [0.2, 0.25) is 0 Å². The Balaban J connectivity index is 1.64. The third kappa shape index (κ3) is 6.56. The van der Waals surface area contributed by atoms with Gasteiger partial charge >= 0.3 is 0 Å². The third-order valence-corrected chi connectivity index (χ3v) is 5.02. The molecule has 0 saturated carbocycles. The van der Waals surface area contributed by atoms with Gasteiger partial charge in [-0.2, -0.15) is 11.8 Å².